The van der Waals surface area contributed by atoms with Gasteiger partial charge in [-0.2, -0.15) is 21.6 Å². The van der Waals surface area contributed by atoms with Gasteiger partial charge in [-0.25, -0.2) is 0 Å². The quantitative estimate of drug-likeness (QED) is 0.575. The third kappa shape index (κ3) is 2.03. The smallest absolute Gasteiger partial charge is 0.381 e. The minimum atomic E-state index is -5.56. The zero-order valence-corrected chi connectivity index (χ0v) is 13.7. The molecule has 22 heavy (non-hydrogen) atoms. The average Bonchev–Trinajstić information content (AvgIpc) is 2.92. The molecule has 0 N–H and O–H groups in total. The molecule has 3 aliphatic carbocycles. The number of halogens is 3. The average molecular weight is 338 g/mol. The van der Waals surface area contributed by atoms with Crippen LogP contribution in [0.25, 0.3) is 0 Å². The van der Waals surface area contributed by atoms with Crippen LogP contribution in [0.5, 0.6) is 0 Å². The van der Waals surface area contributed by atoms with Crippen molar-refractivity contribution in [1.82, 2.24) is 0 Å². The Morgan fingerprint density at radius 1 is 1.32 bits per heavy atom. The van der Waals surface area contributed by atoms with Gasteiger partial charge in [0, 0.05) is 5.92 Å². The first-order valence-electron chi connectivity index (χ1n) is 7.73. The van der Waals surface area contributed by atoms with Gasteiger partial charge < -0.3 is 4.18 Å². The summed E-state index contributed by atoms with van der Waals surface area (Å²) in [5.74, 6) is 1.40. The highest BCUT2D eigenvalue weighted by Crippen LogP contribution is 2.78. The fraction of sp³-hybridized carbons (Fsp3) is 0.867. The minimum Gasteiger partial charge on any atom is -0.381 e. The van der Waals surface area contributed by atoms with Gasteiger partial charge >= 0.3 is 15.6 Å². The van der Waals surface area contributed by atoms with E-state index in [1.165, 1.54) is 0 Å². The molecule has 3 nitrogen and oxygen atoms in total. The second-order valence-corrected chi connectivity index (χ2v) is 8.83. The third-order valence-corrected chi connectivity index (χ3v) is 7.05. The van der Waals surface area contributed by atoms with Crippen LogP contribution >= 0.6 is 0 Å². The predicted molar refractivity (Wildman–Crippen MR) is 74.9 cm³/mol. The van der Waals surface area contributed by atoms with Gasteiger partial charge in [0.15, 0.2) is 0 Å². The Bertz CT molecular complexity index is 608. The number of hydrogen-bond acceptors (Lipinski definition) is 3. The van der Waals surface area contributed by atoms with Crippen LogP contribution in [0.1, 0.15) is 40.0 Å². The highest BCUT2D eigenvalue weighted by Gasteiger charge is 2.74. The van der Waals surface area contributed by atoms with E-state index in [1.54, 1.807) is 6.08 Å². The summed E-state index contributed by atoms with van der Waals surface area (Å²) in [5.41, 5.74) is -5.43. The second-order valence-electron chi connectivity index (χ2n) is 7.30. The van der Waals surface area contributed by atoms with Crippen LogP contribution in [-0.2, 0) is 14.3 Å². The lowest BCUT2D eigenvalue weighted by Crippen LogP contribution is -2.27. The first kappa shape index (κ1) is 16.1. The standard InChI is InChI=1S/C15H21F3O3S/c1-8(2)10-5-4-9(3)14-7-6-11(13(14)12(10)14)21-22(19,20)15(16,17)18/h6,8-10,12-13H,4-5,7H2,1-3H3/t9-,10+,12-,13-,14-/m1/s1. The molecule has 0 unspecified atom stereocenters. The van der Waals surface area contributed by atoms with Gasteiger partial charge in [-0.05, 0) is 54.4 Å². The van der Waals surface area contributed by atoms with Crippen LogP contribution < -0.4 is 0 Å². The zero-order chi connectivity index (χ0) is 16.5. The molecule has 2 fully saturated rings. The van der Waals surface area contributed by atoms with Gasteiger partial charge in [-0.1, -0.05) is 20.8 Å². The second kappa shape index (κ2) is 4.65. The maximum absolute atomic E-state index is 12.5. The van der Waals surface area contributed by atoms with Crippen molar-refractivity contribution in [3.8, 4) is 0 Å². The Balaban J connectivity index is 1.84. The lowest BCUT2D eigenvalue weighted by molar-refractivity contribution is -0.0525. The van der Waals surface area contributed by atoms with Crippen molar-refractivity contribution in [3.63, 3.8) is 0 Å². The first-order valence-corrected chi connectivity index (χ1v) is 9.14. The van der Waals surface area contributed by atoms with Gasteiger partial charge in [0.2, 0.25) is 0 Å². The Labute approximate surface area is 129 Å². The molecule has 3 aliphatic rings. The molecule has 0 radical (unpaired) electrons. The normalized spacial score (nSPS) is 41.0. The number of allylic oxidation sites excluding steroid dienone is 2. The highest BCUT2D eigenvalue weighted by molar-refractivity contribution is 7.87. The Morgan fingerprint density at radius 2 is 1.95 bits per heavy atom. The SMILES string of the molecule is CC(C)[C@@H]1CC[C@@H](C)[C@@]23CC=C(OS(=O)(=O)C(F)(F)F)[C@@H]2[C@@H]13. The van der Waals surface area contributed by atoms with Crippen molar-refractivity contribution in [3.05, 3.63) is 11.8 Å². The molecule has 0 aromatic rings. The molecule has 0 bridgehead atoms. The number of rotatable bonds is 3. The molecule has 0 aromatic heterocycles. The minimum absolute atomic E-state index is 0.0294. The van der Waals surface area contributed by atoms with Crippen LogP contribution in [0.2, 0.25) is 0 Å². The summed E-state index contributed by atoms with van der Waals surface area (Å²) >= 11 is 0. The molecule has 5 atom stereocenters. The molecular formula is C15H21F3O3S. The predicted octanol–water partition coefficient (Wildman–Crippen LogP) is 4.07. The Kier molecular flexibility index (Phi) is 3.41. The maximum Gasteiger partial charge on any atom is 0.534 e. The summed E-state index contributed by atoms with van der Waals surface area (Å²) in [6.07, 6.45) is 4.29. The fourth-order valence-electron chi connectivity index (χ4n) is 4.98. The summed E-state index contributed by atoms with van der Waals surface area (Å²) in [6.45, 7) is 6.37. The lowest BCUT2D eigenvalue weighted by atomic mass is 9.70. The van der Waals surface area contributed by atoms with Crippen molar-refractivity contribution in [1.29, 1.82) is 0 Å². The summed E-state index contributed by atoms with van der Waals surface area (Å²) in [4.78, 5) is 0. The van der Waals surface area contributed by atoms with E-state index >= 15 is 0 Å². The van der Waals surface area contributed by atoms with E-state index in [-0.39, 0.29) is 23.0 Å². The van der Waals surface area contributed by atoms with E-state index in [9.17, 15) is 21.6 Å². The maximum atomic E-state index is 12.5. The molecule has 2 saturated carbocycles. The van der Waals surface area contributed by atoms with Gasteiger partial charge in [-0.3, -0.25) is 0 Å². The van der Waals surface area contributed by atoms with E-state index in [0.717, 1.165) is 12.8 Å². The van der Waals surface area contributed by atoms with Gasteiger partial charge in [-0.15, -0.1) is 0 Å². The summed E-state index contributed by atoms with van der Waals surface area (Å²) in [5, 5.41) is 0. The summed E-state index contributed by atoms with van der Waals surface area (Å²) in [7, 11) is -5.56. The largest absolute Gasteiger partial charge is 0.534 e. The van der Waals surface area contributed by atoms with Crippen molar-refractivity contribution >= 4 is 10.1 Å². The highest BCUT2D eigenvalue weighted by atomic mass is 32.2. The van der Waals surface area contributed by atoms with Gasteiger partial charge in [0.25, 0.3) is 0 Å². The summed E-state index contributed by atoms with van der Waals surface area (Å²) in [6, 6.07) is 0. The molecule has 1 spiro atoms. The zero-order valence-electron chi connectivity index (χ0n) is 12.9. The molecular weight excluding hydrogens is 317 g/mol. The van der Waals surface area contributed by atoms with Crippen molar-refractivity contribution in [2.75, 3.05) is 0 Å². The van der Waals surface area contributed by atoms with Crippen LogP contribution in [0, 0.1) is 35.0 Å². The molecule has 0 amide bonds. The van der Waals surface area contributed by atoms with Crippen molar-refractivity contribution in [2.45, 2.75) is 45.5 Å². The van der Waals surface area contributed by atoms with E-state index in [4.69, 9.17) is 0 Å². The molecule has 0 saturated heterocycles. The van der Waals surface area contributed by atoms with Gasteiger partial charge in [0.05, 0.1) is 0 Å². The van der Waals surface area contributed by atoms with Crippen molar-refractivity contribution < 1.29 is 25.8 Å². The van der Waals surface area contributed by atoms with Gasteiger partial charge in [0.1, 0.15) is 5.76 Å². The van der Waals surface area contributed by atoms with E-state index in [2.05, 4.69) is 25.0 Å². The van der Waals surface area contributed by atoms with Crippen LogP contribution in [-0.4, -0.2) is 13.9 Å². The Hall–Kier alpha value is -0.720. The van der Waals surface area contributed by atoms with Crippen LogP contribution in [0.4, 0.5) is 13.2 Å². The van der Waals surface area contributed by atoms with E-state index in [0.29, 0.717) is 24.2 Å². The monoisotopic (exact) mass is 338 g/mol. The number of alkyl halides is 3. The molecule has 126 valence electrons. The molecule has 7 heteroatoms. The van der Waals surface area contributed by atoms with E-state index < -0.39 is 15.6 Å². The first-order chi connectivity index (χ1) is 10.0. The summed E-state index contributed by atoms with van der Waals surface area (Å²) < 4.78 is 64.7. The Morgan fingerprint density at radius 3 is 2.50 bits per heavy atom. The number of hydrogen-bond donors (Lipinski definition) is 0. The molecule has 0 heterocycles. The topological polar surface area (TPSA) is 43.4 Å². The van der Waals surface area contributed by atoms with Crippen LogP contribution in [0.15, 0.2) is 11.8 Å². The molecule has 0 aromatic carbocycles. The number of fused-ring (bicyclic) bond motifs is 1. The molecule has 3 rings (SSSR count). The van der Waals surface area contributed by atoms with Crippen LogP contribution in [0.3, 0.4) is 0 Å². The van der Waals surface area contributed by atoms with Crippen molar-refractivity contribution in [2.24, 2.45) is 35.0 Å². The molecule has 0 aliphatic heterocycles. The van der Waals surface area contributed by atoms with E-state index in [1.807, 2.05) is 0 Å². The lowest BCUT2D eigenvalue weighted by Gasteiger charge is -2.35. The fourth-order valence-corrected chi connectivity index (χ4v) is 5.50. The third-order valence-electron chi connectivity index (χ3n) is 6.07.